The molecule has 0 saturated heterocycles. The highest BCUT2D eigenvalue weighted by Gasteiger charge is 2.20. The molecule has 6 nitrogen and oxygen atoms in total. The van der Waals surface area contributed by atoms with Crippen LogP contribution < -0.4 is 0 Å². The summed E-state index contributed by atoms with van der Waals surface area (Å²) >= 11 is 0. The molecule has 0 bridgehead atoms. The van der Waals surface area contributed by atoms with Crippen molar-refractivity contribution in [3.05, 3.63) is 128 Å². The van der Waals surface area contributed by atoms with Gasteiger partial charge in [0, 0.05) is 39.7 Å². The average Bonchev–Trinajstić information content (AvgIpc) is 3.43. The van der Waals surface area contributed by atoms with Crippen LogP contribution in [0.25, 0.3) is 78.3 Å². The standard InChI is InChI=1S/C35H21N5O/c1-3-10-22(11-4-1)32-38-33(23-12-5-2-6-13-23)40-35(39-32)29-21-24(25-17-19-37-34-27(25)15-9-18-36-34)20-28-26-14-7-8-16-30(26)41-31(28)29/h1-21H. The van der Waals surface area contributed by atoms with Gasteiger partial charge in [-0.15, -0.1) is 0 Å². The number of furan rings is 1. The third-order valence-electron chi connectivity index (χ3n) is 7.24. The molecule has 6 heteroatoms. The van der Waals surface area contributed by atoms with Crippen LogP contribution >= 0.6 is 0 Å². The number of fused-ring (bicyclic) bond motifs is 4. The minimum Gasteiger partial charge on any atom is -0.455 e. The lowest BCUT2D eigenvalue weighted by Crippen LogP contribution is -2.00. The Kier molecular flexibility index (Phi) is 5.35. The molecule has 0 unspecified atom stereocenters. The van der Waals surface area contributed by atoms with Gasteiger partial charge in [0.25, 0.3) is 0 Å². The molecule has 41 heavy (non-hydrogen) atoms. The number of aromatic nitrogens is 5. The quantitative estimate of drug-likeness (QED) is 0.229. The van der Waals surface area contributed by atoms with Gasteiger partial charge in [-0.25, -0.2) is 24.9 Å². The maximum Gasteiger partial charge on any atom is 0.167 e. The van der Waals surface area contributed by atoms with E-state index >= 15 is 0 Å². The lowest BCUT2D eigenvalue weighted by atomic mass is 9.97. The van der Waals surface area contributed by atoms with Crippen LogP contribution in [0.15, 0.2) is 132 Å². The molecule has 0 N–H and O–H groups in total. The Morgan fingerprint density at radius 3 is 1.83 bits per heavy atom. The van der Waals surface area contributed by atoms with Gasteiger partial charge >= 0.3 is 0 Å². The van der Waals surface area contributed by atoms with Gasteiger partial charge in [0.1, 0.15) is 11.2 Å². The Balaban J connectivity index is 1.46. The van der Waals surface area contributed by atoms with Crippen LogP contribution in [0.1, 0.15) is 0 Å². The Bertz CT molecular complexity index is 2150. The number of benzene rings is 4. The molecular formula is C35H21N5O. The smallest absolute Gasteiger partial charge is 0.167 e. The first kappa shape index (κ1) is 23.2. The molecule has 0 amide bonds. The van der Waals surface area contributed by atoms with Crippen LogP contribution in [0.3, 0.4) is 0 Å². The number of hydrogen-bond donors (Lipinski definition) is 0. The fraction of sp³-hybridized carbons (Fsp3) is 0. The summed E-state index contributed by atoms with van der Waals surface area (Å²) in [5.74, 6) is 1.74. The Labute approximate surface area is 235 Å². The third-order valence-corrected chi connectivity index (χ3v) is 7.24. The first-order valence-electron chi connectivity index (χ1n) is 13.3. The van der Waals surface area contributed by atoms with Crippen molar-refractivity contribution in [2.75, 3.05) is 0 Å². The predicted molar refractivity (Wildman–Crippen MR) is 162 cm³/mol. The predicted octanol–water partition coefficient (Wildman–Crippen LogP) is 8.38. The zero-order valence-electron chi connectivity index (χ0n) is 21.8. The molecule has 8 rings (SSSR count). The van der Waals surface area contributed by atoms with E-state index in [1.54, 1.807) is 12.4 Å². The van der Waals surface area contributed by atoms with Crippen molar-refractivity contribution in [1.29, 1.82) is 0 Å². The first-order chi connectivity index (χ1) is 20.3. The zero-order chi connectivity index (χ0) is 27.2. The molecule has 0 radical (unpaired) electrons. The van der Waals surface area contributed by atoms with Gasteiger partial charge < -0.3 is 4.42 Å². The molecule has 4 heterocycles. The molecular weight excluding hydrogens is 506 g/mol. The summed E-state index contributed by atoms with van der Waals surface area (Å²) in [6.45, 7) is 0. The van der Waals surface area contributed by atoms with Crippen LogP contribution in [-0.2, 0) is 0 Å². The lowest BCUT2D eigenvalue weighted by Gasteiger charge is -2.11. The average molecular weight is 528 g/mol. The van der Waals surface area contributed by atoms with Gasteiger partial charge in [-0.05, 0) is 47.5 Å². The highest BCUT2D eigenvalue weighted by molar-refractivity contribution is 6.11. The van der Waals surface area contributed by atoms with E-state index in [-0.39, 0.29) is 0 Å². The number of pyridine rings is 2. The number of hydrogen-bond acceptors (Lipinski definition) is 6. The van der Waals surface area contributed by atoms with Gasteiger partial charge in [0.2, 0.25) is 0 Å². The summed E-state index contributed by atoms with van der Waals surface area (Å²) in [4.78, 5) is 23.9. The number of para-hydroxylation sites is 1. The summed E-state index contributed by atoms with van der Waals surface area (Å²) in [6, 6.07) is 38.3. The van der Waals surface area contributed by atoms with Crippen LogP contribution in [0.4, 0.5) is 0 Å². The topological polar surface area (TPSA) is 77.6 Å². The van der Waals surface area contributed by atoms with E-state index in [1.807, 2.05) is 97.1 Å². The van der Waals surface area contributed by atoms with Gasteiger partial charge in [-0.1, -0.05) is 78.9 Å². The second-order valence-electron chi connectivity index (χ2n) is 9.77. The fourth-order valence-corrected chi connectivity index (χ4v) is 5.31. The third kappa shape index (κ3) is 4.01. The number of nitrogens with zero attached hydrogens (tertiary/aromatic N) is 5. The van der Waals surface area contributed by atoms with E-state index < -0.39 is 0 Å². The van der Waals surface area contributed by atoms with Gasteiger partial charge in [0.15, 0.2) is 23.1 Å². The SMILES string of the molecule is c1ccc(-c2nc(-c3ccccc3)nc(-c3cc(-c4ccnc5ncccc45)cc4c3oc3ccccc34)n2)cc1. The van der Waals surface area contributed by atoms with Crippen LogP contribution in [-0.4, -0.2) is 24.9 Å². The summed E-state index contributed by atoms with van der Waals surface area (Å²) in [6.07, 6.45) is 3.56. The minimum absolute atomic E-state index is 0.542. The molecule has 8 aromatic rings. The van der Waals surface area contributed by atoms with Gasteiger partial charge in [0.05, 0.1) is 5.56 Å². The first-order valence-corrected chi connectivity index (χ1v) is 13.3. The molecule has 0 aliphatic rings. The van der Waals surface area contributed by atoms with Gasteiger partial charge in [-0.2, -0.15) is 0 Å². The van der Waals surface area contributed by atoms with E-state index in [4.69, 9.17) is 19.4 Å². The molecule has 4 aromatic heterocycles. The number of rotatable bonds is 4. The largest absolute Gasteiger partial charge is 0.455 e. The molecule has 4 aromatic carbocycles. The molecule has 0 aliphatic carbocycles. The van der Waals surface area contributed by atoms with E-state index in [2.05, 4.69) is 28.2 Å². The normalized spacial score (nSPS) is 11.4. The second kappa shape index (κ2) is 9.47. The van der Waals surface area contributed by atoms with Crippen molar-refractivity contribution < 1.29 is 4.42 Å². The lowest BCUT2D eigenvalue weighted by molar-refractivity contribution is 0.669. The Morgan fingerprint density at radius 1 is 0.439 bits per heavy atom. The van der Waals surface area contributed by atoms with Crippen molar-refractivity contribution in [2.24, 2.45) is 0 Å². The second-order valence-corrected chi connectivity index (χ2v) is 9.77. The molecule has 0 saturated carbocycles. The summed E-state index contributed by atoms with van der Waals surface area (Å²) < 4.78 is 6.48. The molecule has 192 valence electrons. The van der Waals surface area contributed by atoms with Crippen LogP contribution in [0, 0.1) is 0 Å². The maximum atomic E-state index is 6.48. The Hall–Kier alpha value is -5.75. The molecule has 0 fully saturated rings. The van der Waals surface area contributed by atoms with Crippen molar-refractivity contribution in [1.82, 2.24) is 24.9 Å². The fourth-order valence-electron chi connectivity index (χ4n) is 5.31. The van der Waals surface area contributed by atoms with E-state index in [9.17, 15) is 0 Å². The zero-order valence-corrected chi connectivity index (χ0v) is 21.8. The van der Waals surface area contributed by atoms with Crippen LogP contribution in [0.5, 0.6) is 0 Å². The highest BCUT2D eigenvalue weighted by Crippen LogP contribution is 2.40. The molecule has 0 atom stereocenters. The highest BCUT2D eigenvalue weighted by atomic mass is 16.3. The summed E-state index contributed by atoms with van der Waals surface area (Å²) in [7, 11) is 0. The molecule has 0 aliphatic heterocycles. The van der Waals surface area contributed by atoms with E-state index in [0.29, 0.717) is 23.1 Å². The maximum absolute atomic E-state index is 6.48. The Morgan fingerprint density at radius 2 is 1.07 bits per heavy atom. The van der Waals surface area contributed by atoms with E-state index in [0.717, 1.165) is 55.1 Å². The monoisotopic (exact) mass is 527 g/mol. The molecule has 0 spiro atoms. The van der Waals surface area contributed by atoms with Crippen molar-refractivity contribution in [3.63, 3.8) is 0 Å². The van der Waals surface area contributed by atoms with E-state index in [1.165, 1.54) is 0 Å². The van der Waals surface area contributed by atoms with Crippen molar-refractivity contribution >= 4 is 33.0 Å². The minimum atomic E-state index is 0.542. The summed E-state index contributed by atoms with van der Waals surface area (Å²) in [5.41, 5.74) is 6.88. The van der Waals surface area contributed by atoms with Crippen LogP contribution in [0.2, 0.25) is 0 Å². The van der Waals surface area contributed by atoms with Crippen molar-refractivity contribution in [3.8, 4) is 45.3 Å². The van der Waals surface area contributed by atoms with Crippen molar-refractivity contribution in [2.45, 2.75) is 0 Å². The van der Waals surface area contributed by atoms with Gasteiger partial charge in [-0.3, -0.25) is 0 Å². The summed E-state index contributed by atoms with van der Waals surface area (Å²) in [5, 5.41) is 2.99.